The van der Waals surface area contributed by atoms with E-state index in [0.29, 0.717) is 18.2 Å². The van der Waals surface area contributed by atoms with Crippen molar-refractivity contribution in [3.05, 3.63) is 29.6 Å². The summed E-state index contributed by atoms with van der Waals surface area (Å²) in [5.41, 5.74) is 6.19. The molecule has 0 fully saturated rings. The Kier molecular flexibility index (Phi) is 4.56. The Morgan fingerprint density at radius 1 is 1.47 bits per heavy atom. The van der Waals surface area contributed by atoms with Crippen molar-refractivity contribution in [3.8, 4) is 5.75 Å². The van der Waals surface area contributed by atoms with Gasteiger partial charge in [0.25, 0.3) is 0 Å². The van der Waals surface area contributed by atoms with Crippen LogP contribution in [0.1, 0.15) is 18.9 Å². The van der Waals surface area contributed by atoms with Crippen molar-refractivity contribution >= 4 is 0 Å². The standard InChI is InChI=1S/C12H18FNO/c1-9(5-6-14)7-10-3-4-11(15-2)8-12(10)13/h3-4,8-9H,5-7,14H2,1-2H3. The van der Waals surface area contributed by atoms with Gasteiger partial charge in [-0.05, 0) is 36.9 Å². The van der Waals surface area contributed by atoms with Gasteiger partial charge in [-0.25, -0.2) is 4.39 Å². The number of benzene rings is 1. The molecule has 84 valence electrons. The van der Waals surface area contributed by atoms with Crippen LogP contribution in [0, 0.1) is 11.7 Å². The quantitative estimate of drug-likeness (QED) is 0.811. The molecule has 3 heteroatoms. The molecule has 1 atom stereocenters. The number of ether oxygens (including phenoxy) is 1. The maximum atomic E-state index is 13.5. The second-order valence-electron chi connectivity index (χ2n) is 3.84. The van der Waals surface area contributed by atoms with Crippen molar-refractivity contribution < 1.29 is 9.13 Å². The number of nitrogens with two attached hydrogens (primary N) is 1. The summed E-state index contributed by atoms with van der Waals surface area (Å²) in [4.78, 5) is 0. The van der Waals surface area contributed by atoms with Gasteiger partial charge in [0.05, 0.1) is 7.11 Å². The molecule has 1 aromatic carbocycles. The summed E-state index contributed by atoms with van der Waals surface area (Å²) in [7, 11) is 1.53. The molecule has 0 radical (unpaired) electrons. The maximum Gasteiger partial charge on any atom is 0.130 e. The van der Waals surface area contributed by atoms with Crippen LogP contribution in [0.25, 0.3) is 0 Å². The van der Waals surface area contributed by atoms with Gasteiger partial charge < -0.3 is 10.5 Å². The zero-order valence-electron chi connectivity index (χ0n) is 9.29. The fourth-order valence-corrected chi connectivity index (χ4v) is 1.58. The van der Waals surface area contributed by atoms with Gasteiger partial charge in [-0.1, -0.05) is 13.0 Å². The number of hydrogen-bond acceptors (Lipinski definition) is 2. The predicted molar refractivity (Wildman–Crippen MR) is 59.5 cm³/mol. The molecule has 0 saturated carbocycles. The topological polar surface area (TPSA) is 35.2 Å². The van der Waals surface area contributed by atoms with Gasteiger partial charge in [-0.2, -0.15) is 0 Å². The van der Waals surface area contributed by atoms with Crippen LogP contribution in [-0.4, -0.2) is 13.7 Å². The minimum atomic E-state index is -0.196. The van der Waals surface area contributed by atoms with Gasteiger partial charge in [0.2, 0.25) is 0 Å². The van der Waals surface area contributed by atoms with Crippen molar-refractivity contribution in [2.75, 3.05) is 13.7 Å². The zero-order chi connectivity index (χ0) is 11.3. The summed E-state index contributed by atoms with van der Waals surface area (Å²) in [6, 6.07) is 4.99. The summed E-state index contributed by atoms with van der Waals surface area (Å²) in [5.74, 6) is 0.777. The highest BCUT2D eigenvalue weighted by molar-refractivity contribution is 5.29. The van der Waals surface area contributed by atoms with Crippen molar-refractivity contribution in [1.82, 2.24) is 0 Å². The van der Waals surface area contributed by atoms with Gasteiger partial charge >= 0.3 is 0 Å². The van der Waals surface area contributed by atoms with E-state index in [1.54, 1.807) is 12.1 Å². The molecule has 1 aromatic rings. The lowest BCUT2D eigenvalue weighted by atomic mass is 9.98. The van der Waals surface area contributed by atoms with E-state index in [9.17, 15) is 4.39 Å². The molecule has 1 rings (SSSR count). The van der Waals surface area contributed by atoms with Crippen molar-refractivity contribution in [2.45, 2.75) is 19.8 Å². The molecule has 0 amide bonds. The van der Waals surface area contributed by atoms with Crippen LogP contribution in [0.4, 0.5) is 4.39 Å². The van der Waals surface area contributed by atoms with Crippen molar-refractivity contribution in [1.29, 1.82) is 0 Å². The molecule has 2 N–H and O–H groups in total. The minimum Gasteiger partial charge on any atom is -0.497 e. The number of rotatable bonds is 5. The van der Waals surface area contributed by atoms with E-state index >= 15 is 0 Å². The van der Waals surface area contributed by atoms with Gasteiger partial charge in [-0.15, -0.1) is 0 Å². The van der Waals surface area contributed by atoms with Gasteiger partial charge in [0.15, 0.2) is 0 Å². The van der Waals surface area contributed by atoms with E-state index in [2.05, 4.69) is 6.92 Å². The molecule has 0 aromatic heterocycles. The molecule has 0 aliphatic carbocycles. The Labute approximate surface area is 90.2 Å². The monoisotopic (exact) mass is 211 g/mol. The third-order valence-electron chi connectivity index (χ3n) is 2.49. The van der Waals surface area contributed by atoms with Crippen LogP contribution in [0.3, 0.4) is 0 Å². The highest BCUT2D eigenvalue weighted by atomic mass is 19.1. The van der Waals surface area contributed by atoms with Gasteiger partial charge in [0, 0.05) is 6.07 Å². The third kappa shape index (κ3) is 3.51. The first-order chi connectivity index (χ1) is 7.17. The average Bonchev–Trinajstić information content (AvgIpc) is 2.21. The second-order valence-corrected chi connectivity index (χ2v) is 3.84. The van der Waals surface area contributed by atoms with Crippen LogP contribution >= 0.6 is 0 Å². The second kappa shape index (κ2) is 5.71. The Balaban J connectivity index is 2.69. The zero-order valence-corrected chi connectivity index (χ0v) is 9.29. The highest BCUT2D eigenvalue weighted by Gasteiger charge is 2.08. The number of methoxy groups -OCH3 is 1. The minimum absolute atomic E-state index is 0.196. The molecule has 15 heavy (non-hydrogen) atoms. The molecule has 1 unspecified atom stereocenters. The van der Waals surface area contributed by atoms with E-state index in [0.717, 1.165) is 18.4 Å². The largest absolute Gasteiger partial charge is 0.497 e. The first kappa shape index (κ1) is 12.0. The normalized spacial score (nSPS) is 12.5. The van der Waals surface area contributed by atoms with Crippen LogP contribution in [0.5, 0.6) is 5.75 Å². The lowest BCUT2D eigenvalue weighted by Gasteiger charge is -2.11. The fourth-order valence-electron chi connectivity index (χ4n) is 1.58. The third-order valence-corrected chi connectivity index (χ3v) is 2.49. The van der Waals surface area contributed by atoms with Crippen LogP contribution in [0.2, 0.25) is 0 Å². The lowest BCUT2D eigenvalue weighted by Crippen LogP contribution is -2.09. The Bertz CT molecular complexity index is 314. The van der Waals surface area contributed by atoms with Crippen LogP contribution in [0.15, 0.2) is 18.2 Å². The summed E-state index contributed by atoms with van der Waals surface area (Å²) in [6.45, 7) is 2.73. The van der Waals surface area contributed by atoms with E-state index in [4.69, 9.17) is 10.5 Å². The Morgan fingerprint density at radius 2 is 2.20 bits per heavy atom. The van der Waals surface area contributed by atoms with Crippen LogP contribution < -0.4 is 10.5 Å². The molecule has 0 aliphatic heterocycles. The Hall–Kier alpha value is -1.09. The van der Waals surface area contributed by atoms with E-state index in [-0.39, 0.29) is 5.82 Å². The number of hydrogen-bond donors (Lipinski definition) is 1. The van der Waals surface area contributed by atoms with Gasteiger partial charge in [-0.3, -0.25) is 0 Å². The molecule has 0 bridgehead atoms. The Morgan fingerprint density at radius 3 is 2.73 bits per heavy atom. The SMILES string of the molecule is COc1ccc(CC(C)CCN)c(F)c1. The molecule has 0 saturated heterocycles. The molecule has 0 spiro atoms. The summed E-state index contributed by atoms with van der Waals surface area (Å²) >= 11 is 0. The predicted octanol–water partition coefficient (Wildman–Crippen LogP) is 2.36. The van der Waals surface area contributed by atoms with E-state index in [1.165, 1.54) is 13.2 Å². The smallest absolute Gasteiger partial charge is 0.130 e. The van der Waals surface area contributed by atoms with Crippen molar-refractivity contribution in [2.24, 2.45) is 11.7 Å². The average molecular weight is 211 g/mol. The molecule has 0 aliphatic rings. The molecule has 2 nitrogen and oxygen atoms in total. The van der Waals surface area contributed by atoms with E-state index < -0.39 is 0 Å². The fraction of sp³-hybridized carbons (Fsp3) is 0.500. The number of halogens is 1. The summed E-state index contributed by atoms with van der Waals surface area (Å²) in [6.07, 6.45) is 1.65. The van der Waals surface area contributed by atoms with Crippen LogP contribution in [-0.2, 0) is 6.42 Å². The maximum absolute atomic E-state index is 13.5. The lowest BCUT2D eigenvalue weighted by molar-refractivity contribution is 0.410. The molecule has 0 heterocycles. The first-order valence-corrected chi connectivity index (χ1v) is 5.20. The van der Waals surface area contributed by atoms with Crippen molar-refractivity contribution in [3.63, 3.8) is 0 Å². The van der Waals surface area contributed by atoms with Gasteiger partial charge in [0.1, 0.15) is 11.6 Å². The summed E-state index contributed by atoms with van der Waals surface area (Å²) < 4.78 is 18.5. The first-order valence-electron chi connectivity index (χ1n) is 5.20. The summed E-state index contributed by atoms with van der Waals surface area (Å²) in [5, 5.41) is 0. The van der Waals surface area contributed by atoms with E-state index in [1.807, 2.05) is 0 Å². The highest BCUT2D eigenvalue weighted by Crippen LogP contribution is 2.19. The molecular formula is C12H18FNO. The molecular weight excluding hydrogens is 193 g/mol.